The minimum absolute atomic E-state index is 0.0856. The van der Waals surface area contributed by atoms with E-state index in [0.717, 1.165) is 11.4 Å². The van der Waals surface area contributed by atoms with Crippen LogP contribution in [-0.2, 0) is 32.4 Å². The van der Waals surface area contributed by atoms with Crippen LogP contribution in [0.1, 0.15) is 30.1 Å². The molecule has 0 aliphatic carbocycles. The first-order valence-electron chi connectivity index (χ1n) is 9.69. The Morgan fingerprint density at radius 1 is 1.24 bits per heavy atom. The fourth-order valence-corrected chi connectivity index (χ4v) is 5.64. The van der Waals surface area contributed by atoms with Crippen molar-refractivity contribution in [2.45, 2.75) is 38.9 Å². The highest BCUT2D eigenvalue weighted by atomic mass is 32.2. The van der Waals surface area contributed by atoms with Gasteiger partial charge in [-0.1, -0.05) is 30.3 Å². The molecule has 1 aliphatic rings. The van der Waals surface area contributed by atoms with Gasteiger partial charge >= 0.3 is 0 Å². The summed E-state index contributed by atoms with van der Waals surface area (Å²) in [5, 5.41) is 5.53. The summed E-state index contributed by atoms with van der Waals surface area (Å²) in [6, 6.07) is 10.0. The molecule has 0 saturated carbocycles. The van der Waals surface area contributed by atoms with Gasteiger partial charge < -0.3 is 10.1 Å². The van der Waals surface area contributed by atoms with Crippen molar-refractivity contribution in [3.05, 3.63) is 52.0 Å². The lowest BCUT2D eigenvalue weighted by Gasteiger charge is -2.34. The first-order valence-corrected chi connectivity index (χ1v) is 12.2. The van der Waals surface area contributed by atoms with E-state index < -0.39 is 10.0 Å². The van der Waals surface area contributed by atoms with Gasteiger partial charge in [-0.25, -0.2) is 13.4 Å². The Labute approximate surface area is 176 Å². The highest BCUT2D eigenvalue weighted by molar-refractivity contribution is 7.89. The van der Waals surface area contributed by atoms with E-state index in [1.807, 2.05) is 49.6 Å². The van der Waals surface area contributed by atoms with Crippen molar-refractivity contribution < 1.29 is 17.9 Å². The van der Waals surface area contributed by atoms with Gasteiger partial charge in [0.2, 0.25) is 15.9 Å². The zero-order valence-corrected chi connectivity index (χ0v) is 18.3. The van der Waals surface area contributed by atoms with Gasteiger partial charge in [-0.15, -0.1) is 11.3 Å². The number of benzene rings is 1. The third-order valence-corrected chi connectivity index (χ3v) is 7.30. The molecular weight excluding hydrogens is 410 g/mol. The molecule has 9 heteroatoms. The van der Waals surface area contributed by atoms with E-state index in [-0.39, 0.29) is 36.8 Å². The lowest BCUT2D eigenvalue weighted by Crippen LogP contribution is -2.49. The van der Waals surface area contributed by atoms with Crippen molar-refractivity contribution in [3.8, 4) is 0 Å². The molecule has 0 unspecified atom stereocenters. The minimum Gasteiger partial charge on any atom is -0.373 e. The van der Waals surface area contributed by atoms with Crippen LogP contribution in [0.5, 0.6) is 0 Å². The van der Waals surface area contributed by atoms with E-state index in [1.54, 1.807) is 0 Å². The lowest BCUT2D eigenvalue weighted by molar-refractivity contribution is -0.120. The Kier molecular flexibility index (Phi) is 7.39. The van der Waals surface area contributed by atoms with Crippen molar-refractivity contribution >= 4 is 27.3 Å². The number of hydrogen-bond donors (Lipinski definition) is 1. The van der Waals surface area contributed by atoms with Crippen LogP contribution in [0.15, 0.2) is 35.7 Å². The Hall–Kier alpha value is -1.81. The van der Waals surface area contributed by atoms with E-state index in [0.29, 0.717) is 18.8 Å². The summed E-state index contributed by atoms with van der Waals surface area (Å²) in [6.07, 6.45) is 0.634. The summed E-state index contributed by atoms with van der Waals surface area (Å²) >= 11 is 1.53. The summed E-state index contributed by atoms with van der Waals surface area (Å²) in [5.41, 5.74) is 1.88. The number of thiazole rings is 1. The molecule has 29 heavy (non-hydrogen) atoms. The van der Waals surface area contributed by atoms with E-state index in [1.165, 1.54) is 21.2 Å². The maximum absolute atomic E-state index is 12.5. The number of carbonyl (C=O) groups is 1. The fourth-order valence-electron chi connectivity index (χ4n) is 3.32. The maximum atomic E-state index is 12.5. The average molecular weight is 438 g/mol. The summed E-state index contributed by atoms with van der Waals surface area (Å²) in [6.45, 7) is 4.51. The first kappa shape index (κ1) is 21.9. The van der Waals surface area contributed by atoms with Crippen LogP contribution in [0.25, 0.3) is 0 Å². The normalized spacial score (nSPS) is 20.5. The second kappa shape index (κ2) is 9.80. The summed E-state index contributed by atoms with van der Waals surface area (Å²) in [4.78, 5) is 16.7. The number of aromatic nitrogens is 1. The molecule has 1 amide bonds. The monoisotopic (exact) mass is 437 g/mol. The quantitative estimate of drug-likeness (QED) is 0.681. The van der Waals surface area contributed by atoms with Crippen molar-refractivity contribution in [1.29, 1.82) is 0 Å². The van der Waals surface area contributed by atoms with Crippen LogP contribution in [0, 0.1) is 0 Å². The molecule has 0 radical (unpaired) electrons. The number of ether oxygens (including phenoxy) is 1. The molecule has 1 aliphatic heterocycles. The molecule has 1 aromatic heterocycles. The van der Waals surface area contributed by atoms with E-state index in [2.05, 4.69) is 10.3 Å². The number of nitrogens with zero attached hydrogens (tertiary/aromatic N) is 2. The Balaban J connectivity index is 1.44. The molecule has 2 heterocycles. The highest BCUT2D eigenvalue weighted by Crippen LogP contribution is 2.16. The molecule has 2 atom stereocenters. The predicted molar refractivity (Wildman–Crippen MR) is 113 cm³/mol. The lowest BCUT2D eigenvalue weighted by atomic mass is 10.2. The zero-order chi connectivity index (χ0) is 20.9. The van der Waals surface area contributed by atoms with Gasteiger partial charge in [-0.3, -0.25) is 4.79 Å². The van der Waals surface area contributed by atoms with Crippen LogP contribution in [0.2, 0.25) is 0 Å². The van der Waals surface area contributed by atoms with Crippen LogP contribution >= 0.6 is 11.3 Å². The molecular formula is C20H27N3O4S2. The SMILES string of the molecule is C[C@@H]1CN(S(=O)(=O)CCNC(=O)Cc2csc(Cc3ccccc3)n2)C[C@H](C)O1. The molecule has 3 rings (SSSR count). The van der Waals surface area contributed by atoms with Gasteiger partial charge in [-0.2, -0.15) is 4.31 Å². The first-order chi connectivity index (χ1) is 13.8. The van der Waals surface area contributed by atoms with Crippen molar-refractivity contribution in [1.82, 2.24) is 14.6 Å². The molecule has 1 saturated heterocycles. The molecule has 1 N–H and O–H groups in total. The van der Waals surface area contributed by atoms with Gasteiger partial charge in [0, 0.05) is 31.4 Å². The van der Waals surface area contributed by atoms with Crippen molar-refractivity contribution in [2.24, 2.45) is 0 Å². The van der Waals surface area contributed by atoms with Crippen LogP contribution in [-0.4, -0.2) is 61.2 Å². The molecule has 0 bridgehead atoms. The Morgan fingerprint density at radius 2 is 1.93 bits per heavy atom. The summed E-state index contributed by atoms with van der Waals surface area (Å²) in [7, 11) is -3.42. The maximum Gasteiger partial charge on any atom is 0.226 e. The topological polar surface area (TPSA) is 88.6 Å². The third-order valence-electron chi connectivity index (χ3n) is 4.60. The largest absolute Gasteiger partial charge is 0.373 e. The fraction of sp³-hybridized carbons (Fsp3) is 0.500. The van der Waals surface area contributed by atoms with Crippen molar-refractivity contribution in [2.75, 3.05) is 25.4 Å². The van der Waals surface area contributed by atoms with Crippen LogP contribution in [0.3, 0.4) is 0 Å². The summed E-state index contributed by atoms with van der Waals surface area (Å²) < 4.78 is 32.0. The molecule has 7 nitrogen and oxygen atoms in total. The second-order valence-electron chi connectivity index (χ2n) is 7.31. The zero-order valence-electron chi connectivity index (χ0n) is 16.7. The smallest absolute Gasteiger partial charge is 0.226 e. The average Bonchev–Trinajstić information content (AvgIpc) is 3.08. The van der Waals surface area contributed by atoms with E-state index in [4.69, 9.17) is 4.74 Å². The molecule has 1 aromatic carbocycles. The number of rotatable bonds is 8. The van der Waals surface area contributed by atoms with E-state index >= 15 is 0 Å². The van der Waals surface area contributed by atoms with Gasteiger partial charge in [0.15, 0.2) is 0 Å². The molecule has 158 valence electrons. The second-order valence-corrected chi connectivity index (χ2v) is 10.3. The Morgan fingerprint density at radius 3 is 2.62 bits per heavy atom. The predicted octanol–water partition coefficient (Wildman–Crippen LogP) is 1.83. The molecule has 2 aromatic rings. The number of sulfonamides is 1. The summed E-state index contributed by atoms with van der Waals surface area (Å²) in [5.74, 6) is -0.338. The number of morpholine rings is 1. The van der Waals surface area contributed by atoms with Gasteiger partial charge in [-0.05, 0) is 19.4 Å². The van der Waals surface area contributed by atoms with Crippen LogP contribution < -0.4 is 5.32 Å². The number of amides is 1. The van der Waals surface area contributed by atoms with Crippen LogP contribution in [0.4, 0.5) is 0 Å². The number of nitrogens with one attached hydrogen (secondary N) is 1. The van der Waals surface area contributed by atoms with Crippen molar-refractivity contribution in [3.63, 3.8) is 0 Å². The highest BCUT2D eigenvalue weighted by Gasteiger charge is 2.30. The third kappa shape index (κ3) is 6.60. The molecule has 0 spiro atoms. The van der Waals surface area contributed by atoms with Gasteiger partial charge in [0.1, 0.15) is 0 Å². The van der Waals surface area contributed by atoms with Gasteiger partial charge in [0.05, 0.1) is 35.1 Å². The molecule has 1 fully saturated rings. The Bertz CT molecular complexity index is 905. The van der Waals surface area contributed by atoms with Gasteiger partial charge in [0.25, 0.3) is 0 Å². The number of hydrogen-bond acceptors (Lipinski definition) is 6. The minimum atomic E-state index is -3.42. The van der Waals surface area contributed by atoms with E-state index in [9.17, 15) is 13.2 Å². The standard InChI is InChI=1S/C20H27N3O4S2/c1-15-12-23(13-16(2)27-15)29(25,26)9-8-21-19(24)11-18-14-28-20(22-18)10-17-6-4-3-5-7-17/h3-7,14-16H,8-13H2,1-2H3,(H,21,24)/t15-,16+. The number of carbonyl (C=O) groups excluding carboxylic acids is 1.